The Balaban J connectivity index is 1.59. The summed E-state index contributed by atoms with van der Waals surface area (Å²) < 4.78 is 11.1. The molecule has 1 atom stereocenters. The third-order valence-electron chi connectivity index (χ3n) is 7.43. The number of hydrazone groups is 1. The maximum atomic E-state index is 13.9. The van der Waals surface area contributed by atoms with Crippen LogP contribution in [0.15, 0.2) is 47.6 Å². The Labute approximate surface area is 231 Å². The maximum absolute atomic E-state index is 13.9. The number of urea groups is 1. The number of rotatable bonds is 10. The highest BCUT2D eigenvalue weighted by atomic mass is 16.5. The van der Waals surface area contributed by atoms with Crippen LogP contribution in [0.2, 0.25) is 0 Å². The molecule has 1 fully saturated rings. The highest BCUT2D eigenvalue weighted by Crippen LogP contribution is 2.37. The molecule has 0 radical (unpaired) electrons. The van der Waals surface area contributed by atoms with Crippen LogP contribution in [0.5, 0.6) is 5.75 Å². The predicted molar refractivity (Wildman–Crippen MR) is 152 cm³/mol. The van der Waals surface area contributed by atoms with Crippen LogP contribution in [0.3, 0.4) is 0 Å². The molecule has 4 rings (SSSR count). The standard InChI is InChI=1S/C30H41N5O4/c1-5-12-31-30(37)34(14-13-33-15-17-39-18-16-33)21-29(36)35-27(25-8-6-7-9-28(25)38-4)20-26(32-35)24-11-10-22(2)23(3)19-24/h6-11,19,27H,5,12-18,20-21H2,1-4H3,(H,31,37). The molecule has 2 aliphatic rings. The second-order valence-corrected chi connectivity index (χ2v) is 10.2. The summed E-state index contributed by atoms with van der Waals surface area (Å²) in [5.74, 6) is 0.486. The van der Waals surface area contributed by atoms with Gasteiger partial charge in [-0.15, -0.1) is 0 Å². The number of para-hydroxylation sites is 1. The van der Waals surface area contributed by atoms with E-state index in [1.165, 1.54) is 11.1 Å². The maximum Gasteiger partial charge on any atom is 0.317 e. The number of nitrogens with zero attached hydrogens (tertiary/aromatic N) is 4. The number of hydrogen-bond donors (Lipinski definition) is 1. The minimum atomic E-state index is -0.329. The summed E-state index contributed by atoms with van der Waals surface area (Å²) in [6.45, 7) is 10.8. The zero-order valence-electron chi connectivity index (χ0n) is 23.6. The first-order valence-corrected chi connectivity index (χ1v) is 13.8. The molecule has 1 N–H and O–H groups in total. The summed E-state index contributed by atoms with van der Waals surface area (Å²) in [6.07, 6.45) is 1.38. The third-order valence-corrected chi connectivity index (χ3v) is 7.43. The Bertz CT molecular complexity index is 1180. The van der Waals surface area contributed by atoms with Crippen LogP contribution in [0.25, 0.3) is 0 Å². The lowest BCUT2D eigenvalue weighted by molar-refractivity contribution is -0.133. The van der Waals surface area contributed by atoms with E-state index in [0.29, 0.717) is 45.0 Å². The van der Waals surface area contributed by atoms with E-state index in [-0.39, 0.29) is 24.5 Å². The molecule has 0 aromatic heterocycles. The van der Waals surface area contributed by atoms with Crippen molar-refractivity contribution in [1.82, 2.24) is 20.1 Å². The highest BCUT2D eigenvalue weighted by molar-refractivity contribution is 6.03. The Hall–Kier alpha value is -3.43. The van der Waals surface area contributed by atoms with E-state index in [9.17, 15) is 9.59 Å². The molecule has 9 nitrogen and oxygen atoms in total. The molecule has 0 spiro atoms. The number of aryl methyl sites for hydroxylation is 2. The van der Waals surface area contributed by atoms with Gasteiger partial charge in [-0.3, -0.25) is 9.69 Å². The van der Waals surface area contributed by atoms with Crippen molar-refractivity contribution >= 4 is 17.6 Å². The summed E-state index contributed by atoms with van der Waals surface area (Å²) in [7, 11) is 1.64. The first-order valence-electron chi connectivity index (χ1n) is 13.8. The van der Waals surface area contributed by atoms with Crippen LogP contribution in [-0.2, 0) is 9.53 Å². The molecule has 39 heavy (non-hydrogen) atoms. The van der Waals surface area contributed by atoms with E-state index >= 15 is 0 Å². The number of hydrogen-bond acceptors (Lipinski definition) is 6. The van der Waals surface area contributed by atoms with Gasteiger partial charge in [-0.25, -0.2) is 9.80 Å². The number of nitrogens with one attached hydrogen (secondary N) is 1. The van der Waals surface area contributed by atoms with Gasteiger partial charge in [-0.1, -0.05) is 37.3 Å². The van der Waals surface area contributed by atoms with Gasteiger partial charge in [0.1, 0.15) is 12.3 Å². The fourth-order valence-corrected chi connectivity index (χ4v) is 4.94. The van der Waals surface area contributed by atoms with Gasteiger partial charge in [0.05, 0.1) is 32.1 Å². The predicted octanol–water partition coefficient (Wildman–Crippen LogP) is 3.74. The van der Waals surface area contributed by atoms with Crippen molar-refractivity contribution in [1.29, 1.82) is 0 Å². The molecule has 1 saturated heterocycles. The van der Waals surface area contributed by atoms with Crippen molar-refractivity contribution in [3.05, 3.63) is 64.7 Å². The van der Waals surface area contributed by atoms with Gasteiger partial charge in [0.2, 0.25) is 0 Å². The normalized spacial score (nSPS) is 17.6. The van der Waals surface area contributed by atoms with Crippen molar-refractivity contribution < 1.29 is 19.1 Å². The minimum Gasteiger partial charge on any atom is -0.496 e. The van der Waals surface area contributed by atoms with Crippen molar-refractivity contribution in [3.8, 4) is 5.75 Å². The largest absolute Gasteiger partial charge is 0.496 e. The number of benzene rings is 2. The summed E-state index contributed by atoms with van der Waals surface area (Å²) in [6, 6.07) is 13.4. The molecule has 2 aliphatic heterocycles. The van der Waals surface area contributed by atoms with Crippen LogP contribution in [0.1, 0.15) is 48.1 Å². The number of morpholine rings is 1. The molecule has 0 bridgehead atoms. The number of amides is 3. The zero-order valence-corrected chi connectivity index (χ0v) is 23.6. The second-order valence-electron chi connectivity index (χ2n) is 10.2. The van der Waals surface area contributed by atoms with Crippen LogP contribution in [0.4, 0.5) is 4.79 Å². The lowest BCUT2D eigenvalue weighted by Crippen LogP contribution is -2.49. The van der Waals surface area contributed by atoms with E-state index < -0.39 is 0 Å². The average Bonchev–Trinajstić information content (AvgIpc) is 3.41. The summed E-state index contributed by atoms with van der Waals surface area (Å²) in [5, 5.41) is 9.34. The second kappa shape index (κ2) is 13.6. The lowest BCUT2D eigenvalue weighted by Gasteiger charge is -2.31. The Kier molecular flexibility index (Phi) is 9.95. The third kappa shape index (κ3) is 7.16. The first kappa shape index (κ1) is 28.6. The number of carbonyl (C=O) groups excluding carboxylic acids is 2. The average molecular weight is 536 g/mol. The highest BCUT2D eigenvalue weighted by Gasteiger charge is 2.36. The zero-order chi connectivity index (χ0) is 27.8. The van der Waals surface area contributed by atoms with E-state index in [1.807, 2.05) is 31.2 Å². The number of methoxy groups -OCH3 is 1. The van der Waals surface area contributed by atoms with E-state index in [4.69, 9.17) is 14.6 Å². The monoisotopic (exact) mass is 535 g/mol. The summed E-state index contributed by atoms with van der Waals surface area (Å²) in [4.78, 5) is 30.8. The fourth-order valence-electron chi connectivity index (χ4n) is 4.94. The molecule has 210 valence electrons. The molecule has 0 saturated carbocycles. The Morgan fingerprint density at radius 2 is 1.90 bits per heavy atom. The van der Waals surface area contributed by atoms with Gasteiger partial charge < -0.3 is 19.7 Å². The molecule has 0 aliphatic carbocycles. The van der Waals surface area contributed by atoms with Crippen LogP contribution < -0.4 is 10.1 Å². The molecule has 2 aromatic carbocycles. The van der Waals surface area contributed by atoms with Gasteiger partial charge >= 0.3 is 6.03 Å². The van der Waals surface area contributed by atoms with Crippen LogP contribution in [0, 0.1) is 13.8 Å². The van der Waals surface area contributed by atoms with Crippen molar-refractivity contribution in [2.45, 2.75) is 39.7 Å². The van der Waals surface area contributed by atoms with Gasteiger partial charge in [0.15, 0.2) is 0 Å². The first-order chi connectivity index (χ1) is 18.9. The quantitative estimate of drug-likeness (QED) is 0.501. The fraction of sp³-hybridized carbons (Fsp3) is 0.500. The van der Waals surface area contributed by atoms with E-state index in [0.717, 1.165) is 36.3 Å². The van der Waals surface area contributed by atoms with Crippen molar-refractivity contribution in [3.63, 3.8) is 0 Å². The molecule has 9 heteroatoms. The van der Waals surface area contributed by atoms with Crippen LogP contribution in [-0.4, -0.2) is 92.1 Å². The molecule has 2 heterocycles. The van der Waals surface area contributed by atoms with Gasteiger partial charge in [0.25, 0.3) is 5.91 Å². The van der Waals surface area contributed by atoms with Crippen molar-refractivity contribution in [2.24, 2.45) is 5.10 Å². The topological polar surface area (TPSA) is 86.7 Å². The Morgan fingerprint density at radius 1 is 1.13 bits per heavy atom. The number of ether oxygens (including phenoxy) is 2. The Morgan fingerprint density at radius 3 is 2.62 bits per heavy atom. The summed E-state index contributed by atoms with van der Waals surface area (Å²) in [5.41, 5.74) is 5.12. The SMILES string of the molecule is CCCNC(=O)N(CCN1CCOCC1)CC(=O)N1N=C(c2ccc(C)c(C)c2)CC1c1ccccc1OC. The van der Waals surface area contributed by atoms with Gasteiger partial charge in [-0.2, -0.15) is 5.10 Å². The summed E-state index contributed by atoms with van der Waals surface area (Å²) >= 11 is 0. The van der Waals surface area contributed by atoms with E-state index in [2.05, 4.69) is 42.3 Å². The van der Waals surface area contributed by atoms with Gasteiger partial charge in [-0.05, 0) is 49.1 Å². The number of carbonyl (C=O) groups is 2. The van der Waals surface area contributed by atoms with Crippen molar-refractivity contribution in [2.75, 3.05) is 59.6 Å². The van der Waals surface area contributed by atoms with Gasteiger partial charge in [0, 0.05) is 44.7 Å². The molecular formula is C30H41N5O4. The lowest BCUT2D eigenvalue weighted by atomic mass is 9.96. The smallest absolute Gasteiger partial charge is 0.317 e. The van der Waals surface area contributed by atoms with E-state index in [1.54, 1.807) is 17.0 Å². The molecular weight excluding hydrogens is 494 g/mol. The molecule has 3 amide bonds. The minimum absolute atomic E-state index is 0.0603. The van der Waals surface area contributed by atoms with Crippen LogP contribution >= 0.6 is 0 Å². The molecule has 2 aromatic rings. The molecule has 1 unspecified atom stereocenters.